The minimum atomic E-state index is -0.715. The number of likely N-dealkylation sites (tertiary alicyclic amines) is 1. The Balaban J connectivity index is 0.000000164. The predicted octanol–water partition coefficient (Wildman–Crippen LogP) is 13.9. The van der Waals surface area contributed by atoms with Crippen molar-refractivity contribution in [1.82, 2.24) is 30.2 Å². The summed E-state index contributed by atoms with van der Waals surface area (Å²) >= 11 is 0. The smallest absolute Gasteiger partial charge is 0.410 e. The van der Waals surface area contributed by atoms with E-state index in [9.17, 15) is 42.6 Å². The minimum Gasteiger partial charge on any atom is -0.508 e. The van der Waals surface area contributed by atoms with Crippen LogP contribution in [0, 0.1) is 17.5 Å². The molecule has 3 fully saturated rings. The number of hydrogen-bond donors (Lipinski definition) is 4. The van der Waals surface area contributed by atoms with Gasteiger partial charge in [0.25, 0.3) is 17.7 Å². The molecule has 3 saturated heterocycles. The van der Waals surface area contributed by atoms with Gasteiger partial charge in [-0.25, -0.2) is 18.0 Å². The molecule has 0 aliphatic carbocycles. The maximum atomic E-state index is 14.5. The fourth-order valence-corrected chi connectivity index (χ4v) is 14.1. The van der Waals surface area contributed by atoms with Crippen molar-refractivity contribution in [3.8, 4) is 34.5 Å². The van der Waals surface area contributed by atoms with Crippen LogP contribution in [0.5, 0.6) is 34.5 Å². The van der Waals surface area contributed by atoms with Crippen LogP contribution < -0.4 is 29.6 Å². The van der Waals surface area contributed by atoms with Gasteiger partial charge in [-0.1, -0.05) is 6.07 Å². The Labute approximate surface area is 585 Å². The summed E-state index contributed by atoms with van der Waals surface area (Å²) in [4.78, 5) is 57.9. The number of phenols is 2. The van der Waals surface area contributed by atoms with E-state index in [2.05, 4.69) is 10.6 Å². The number of methoxy groups -OCH3 is 1. The zero-order valence-electron chi connectivity index (χ0n) is 59.2. The van der Waals surface area contributed by atoms with Crippen LogP contribution in [-0.2, 0) is 9.47 Å². The molecule has 1 unspecified atom stereocenters. The van der Waals surface area contributed by atoms with E-state index in [1.165, 1.54) is 49.6 Å². The molecule has 6 heterocycles. The van der Waals surface area contributed by atoms with E-state index in [1.54, 1.807) is 74.2 Å². The van der Waals surface area contributed by atoms with Crippen molar-refractivity contribution in [2.45, 2.75) is 136 Å². The predicted molar refractivity (Wildman–Crippen MR) is 378 cm³/mol. The number of ether oxygens (including phenoxy) is 6. The second-order valence-corrected chi connectivity index (χ2v) is 27.1. The first-order chi connectivity index (χ1) is 47.9. The van der Waals surface area contributed by atoms with Gasteiger partial charge < -0.3 is 68.9 Å². The van der Waals surface area contributed by atoms with E-state index in [0.717, 1.165) is 68.6 Å². The highest BCUT2D eigenvalue weighted by Crippen LogP contribution is 2.51. The standard InChI is InChI=1S/C31H39FN2O6.C24H29FN2O3.C24H27FN2O3/c1-7-33(8-2)28(35)21-9-11-23(27(17-21)38-20-37-6)25-19-31(39-26-12-10-22(32)18-24(25)26)13-15-34(16-14-31)29(36)40-30(3,4)5;2*1-3-27(4-2)23(29)16-5-7-18(21(28)13-16)20-15-24(9-11-26-12-10-24)30-22-8-6-17(25)14-19(20)22/h9-12,17-19H,7-8,13-16,20H2,1-6H3;5-8,13-14,20,26,28H,3-4,9-12,15H2,1-2H3;5-8,13-15,26,28H,3-4,9-12H2,1-2H3. The molecule has 6 aliphatic rings. The zero-order chi connectivity index (χ0) is 71.7. The van der Waals surface area contributed by atoms with E-state index in [4.69, 9.17) is 28.4 Å². The molecule has 18 nitrogen and oxygen atoms in total. The first-order valence-corrected chi connectivity index (χ1v) is 35.0. The van der Waals surface area contributed by atoms with Crippen LogP contribution in [0.1, 0.15) is 178 Å². The number of hydrogen-bond acceptors (Lipinski definition) is 14. The van der Waals surface area contributed by atoms with Gasteiger partial charge in [-0.05, 0) is 234 Å². The van der Waals surface area contributed by atoms with E-state index >= 15 is 0 Å². The maximum Gasteiger partial charge on any atom is 0.410 e. The molecule has 12 rings (SSSR count). The van der Waals surface area contributed by atoms with Gasteiger partial charge in [-0.3, -0.25) is 14.4 Å². The molecule has 6 aromatic carbocycles. The number of carbonyl (C=O) groups excluding carboxylic acids is 4. The molecule has 6 aromatic rings. The van der Waals surface area contributed by atoms with Gasteiger partial charge in [-0.15, -0.1) is 0 Å². The topological polar surface area (TPSA) is 201 Å². The number of nitrogens with one attached hydrogen (secondary N) is 2. The molecule has 3 spiro atoms. The molecule has 0 radical (unpaired) electrons. The molecule has 100 heavy (non-hydrogen) atoms. The number of rotatable bonds is 15. The lowest BCUT2D eigenvalue weighted by molar-refractivity contribution is -0.00127. The Morgan fingerprint density at radius 3 is 1.47 bits per heavy atom. The monoisotopic (exact) mass is 1380 g/mol. The van der Waals surface area contributed by atoms with Crippen LogP contribution in [0.15, 0.2) is 121 Å². The summed E-state index contributed by atoms with van der Waals surface area (Å²) in [5.41, 5.74) is 4.65. The number of nitrogens with zero attached hydrogens (tertiary/aromatic N) is 4. The number of piperidine rings is 3. The van der Waals surface area contributed by atoms with Crippen LogP contribution in [0.2, 0.25) is 0 Å². The summed E-state index contributed by atoms with van der Waals surface area (Å²) in [6, 6.07) is 28.9. The van der Waals surface area contributed by atoms with Crippen LogP contribution in [0.3, 0.4) is 0 Å². The molecular weight excluding hydrogens is 1280 g/mol. The number of benzene rings is 6. The Morgan fingerprint density at radius 2 is 0.980 bits per heavy atom. The summed E-state index contributed by atoms with van der Waals surface area (Å²) in [5.74, 6) is 0.757. The SMILES string of the molecule is CCN(CC)C(=O)c1ccc(C2=CC3(CCN(C(=O)OC(C)(C)C)CC3)Oc3ccc(F)cc32)c(OCOC)c1.CCN(CC)C(=O)c1ccc(C2=CC3(CCNCC3)Oc3ccc(F)cc32)c(O)c1.CCN(CC)C(=O)c1ccc(C2CC3(CCNCC3)Oc3ccc(F)cc32)c(O)c1. The molecule has 0 bridgehead atoms. The Bertz CT molecular complexity index is 4010. The molecule has 21 heteroatoms. The molecule has 534 valence electrons. The highest BCUT2D eigenvalue weighted by molar-refractivity contribution is 5.98. The fourth-order valence-electron chi connectivity index (χ4n) is 14.1. The average Bonchev–Trinajstić information content (AvgIpc) is 0.759. The number of aromatic hydroxyl groups is 2. The largest absolute Gasteiger partial charge is 0.508 e. The summed E-state index contributed by atoms with van der Waals surface area (Å²) in [6.07, 6.45) is 8.67. The van der Waals surface area contributed by atoms with Crippen molar-refractivity contribution >= 4 is 35.0 Å². The fraction of sp³-hybridized carbons (Fsp3) is 0.443. The quantitative estimate of drug-likeness (QED) is 0.0707. The van der Waals surface area contributed by atoms with Crippen LogP contribution in [0.4, 0.5) is 18.0 Å². The van der Waals surface area contributed by atoms with E-state index in [1.807, 2.05) is 86.6 Å². The summed E-state index contributed by atoms with van der Waals surface area (Å²) in [7, 11) is 1.52. The molecule has 0 aromatic heterocycles. The third kappa shape index (κ3) is 16.5. The van der Waals surface area contributed by atoms with Gasteiger partial charge in [0.1, 0.15) is 74.4 Å². The summed E-state index contributed by atoms with van der Waals surface area (Å²) in [5, 5.41) is 28.4. The lowest BCUT2D eigenvalue weighted by Gasteiger charge is -2.45. The maximum absolute atomic E-state index is 14.5. The molecular formula is C79H95F3N6O12. The van der Waals surface area contributed by atoms with Crippen molar-refractivity contribution < 1.29 is 71.0 Å². The highest BCUT2D eigenvalue weighted by Gasteiger charge is 2.45. The van der Waals surface area contributed by atoms with Gasteiger partial charge in [0.05, 0.1) is 0 Å². The Kier molecular flexibility index (Phi) is 23.3. The van der Waals surface area contributed by atoms with Crippen molar-refractivity contribution in [3.05, 3.63) is 189 Å². The number of fused-ring (bicyclic) bond motifs is 3. The molecule has 4 amide bonds. The van der Waals surface area contributed by atoms with Crippen LogP contribution in [-0.4, -0.2) is 168 Å². The van der Waals surface area contributed by atoms with Crippen molar-refractivity contribution in [1.29, 1.82) is 0 Å². The molecule has 1 atom stereocenters. The summed E-state index contributed by atoms with van der Waals surface area (Å²) < 4.78 is 78.5. The number of carbonyl (C=O) groups is 4. The van der Waals surface area contributed by atoms with E-state index in [0.29, 0.717) is 139 Å². The number of amides is 4. The normalized spacial score (nSPS) is 17.5. The zero-order valence-corrected chi connectivity index (χ0v) is 59.2. The van der Waals surface area contributed by atoms with Gasteiger partial charge in [0.2, 0.25) is 0 Å². The van der Waals surface area contributed by atoms with Gasteiger partial charge in [-0.2, -0.15) is 0 Å². The Morgan fingerprint density at radius 1 is 0.530 bits per heavy atom. The van der Waals surface area contributed by atoms with Crippen LogP contribution in [0.25, 0.3) is 11.1 Å². The second kappa shape index (κ2) is 31.7. The van der Waals surface area contributed by atoms with Crippen molar-refractivity contribution in [2.75, 3.05) is 92.4 Å². The first kappa shape index (κ1) is 73.7. The van der Waals surface area contributed by atoms with Gasteiger partial charge >= 0.3 is 6.09 Å². The minimum absolute atomic E-state index is 0.000418. The Hall–Kier alpha value is -9.05. The number of phenolic OH excluding ortho intramolecular Hbond substituents is 2. The van der Waals surface area contributed by atoms with Crippen molar-refractivity contribution in [3.63, 3.8) is 0 Å². The van der Waals surface area contributed by atoms with Crippen LogP contribution >= 0.6 is 0 Å². The molecule has 0 saturated carbocycles. The lowest BCUT2D eigenvalue weighted by Crippen LogP contribution is -2.50. The first-order valence-electron chi connectivity index (χ1n) is 35.0. The number of halogens is 3. The van der Waals surface area contributed by atoms with E-state index in [-0.39, 0.29) is 65.3 Å². The molecule has 6 aliphatic heterocycles. The molecule has 4 N–H and O–H groups in total. The lowest BCUT2D eigenvalue weighted by atomic mass is 9.74. The van der Waals surface area contributed by atoms with Gasteiger partial charge in [0.15, 0.2) is 6.79 Å². The third-order valence-corrected chi connectivity index (χ3v) is 19.6. The van der Waals surface area contributed by atoms with Gasteiger partial charge in [0, 0.05) is 141 Å². The van der Waals surface area contributed by atoms with Crippen molar-refractivity contribution in [2.24, 2.45) is 0 Å². The average molecular weight is 1380 g/mol. The third-order valence-electron chi connectivity index (χ3n) is 19.6. The highest BCUT2D eigenvalue weighted by atomic mass is 19.1. The summed E-state index contributed by atoms with van der Waals surface area (Å²) in [6.45, 7) is 25.0. The second-order valence-electron chi connectivity index (χ2n) is 27.1. The van der Waals surface area contributed by atoms with E-state index < -0.39 is 22.6 Å².